The lowest BCUT2D eigenvalue weighted by molar-refractivity contribution is 0.627. The summed E-state index contributed by atoms with van der Waals surface area (Å²) in [5.74, 6) is -0.217. The van der Waals surface area contributed by atoms with E-state index in [1.54, 1.807) is 12.1 Å². The summed E-state index contributed by atoms with van der Waals surface area (Å²) in [6.45, 7) is 0.653. The summed E-state index contributed by atoms with van der Waals surface area (Å²) in [6, 6.07) is 12.4. The molecule has 0 aliphatic carbocycles. The molecule has 3 nitrogen and oxygen atoms in total. The monoisotopic (exact) mass is 273 g/mol. The summed E-state index contributed by atoms with van der Waals surface area (Å²) in [7, 11) is 0. The standard InChI is InChI=1S/C14H12FN3S/c15-10-3-1-9(2-4-10)8-17-11-5-6-12-13(7-11)19-14(16)18-12/h1-7,17H,8H2,(H2,16,18). The fourth-order valence-electron chi connectivity index (χ4n) is 1.86. The lowest BCUT2D eigenvalue weighted by atomic mass is 10.2. The fourth-order valence-corrected chi connectivity index (χ4v) is 2.63. The van der Waals surface area contributed by atoms with Gasteiger partial charge in [0.2, 0.25) is 0 Å². The van der Waals surface area contributed by atoms with Crippen molar-refractivity contribution in [2.75, 3.05) is 11.1 Å². The molecule has 1 aromatic heterocycles. The number of benzene rings is 2. The summed E-state index contributed by atoms with van der Waals surface area (Å²) in [6.07, 6.45) is 0. The van der Waals surface area contributed by atoms with Crippen molar-refractivity contribution in [1.82, 2.24) is 4.98 Å². The molecule has 3 N–H and O–H groups in total. The van der Waals surface area contributed by atoms with Crippen molar-refractivity contribution in [2.24, 2.45) is 0 Å². The number of nitrogens with zero attached hydrogens (tertiary/aromatic N) is 1. The van der Waals surface area contributed by atoms with Gasteiger partial charge in [-0.3, -0.25) is 0 Å². The largest absolute Gasteiger partial charge is 0.381 e. The van der Waals surface area contributed by atoms with Crippen LogP contribution in [0.5, 0.6) is 0 Å². The zero-order valence-corrected chi connectivity index (χ0v) is 10.9. The van der Waals surface area contributed by atoms with Gasteiger partial charge in [0.25, 0.3) is 0 Å². The molecular formula is C14H12FN3S. The molecule has 0 aliphatic heterocycles. The lowest BCUT2D eigenvalue weighted by Gasteiger charge is -2.06. The zero-order valence-electron chi connectivity index (χ0n) is 10.1. The van der Waals surface area contributed by atoms with Crippen LogP contribution in [0.3, 0.4) is 0 Å². The van der Waals surface area contributed by atoms with Crippen LogP contribution in [-0.2, 0) is 6.54 Å². The maximum atomic E-state index is 12.8. The molecule has 0 aliphatic rings. The summed E-state index contributed by atoms with van der Waals surface area (Å²) >= 11 is 1.47. The minimum atomic E-state index is -0.217. The fraction of sp³-hybridized carbons (Fsp3) is 0.0714. The van der Waals surface area contributed by atoms with Gasteiger partial charge in [-0.2, -0.15) is 0 Å². The van der Waals surface area contributed by atoms with Crippen LogP contribution in [0.4, 0.5) is 15.2 Å². The van der Waals surface area contributed by atoms with Crippen molar-refractivity contribution in [3.05, 3.63) is 53.8 Å². The van der Waals surface area contributed by atoms with E-state index in [4.69, 9.17) is 5.73 Å². The summed E-state index contributed by atoms with van der Waals surface area (Å²) in [5, 5.41) is 3.87. The zero-order chi connectivity index (χ0) is 13.2. The van der Waals surface area contributed by atoms with E-state index in [1.165, 1.54) is 23.5 Å². The smallest absolute Gasteiger partial charge is 0.181 e. The molecular weight excluding hydrogens is 261 g/mol. The van der Waals surface area contributed by atoms with Gasteiger partial charge in [-0.1, -0.05) is 23.5 Å². The number of anilines is 2. The molecule has 2 aromatic carbocycles. The first-order valence-electron chi connectivity index (χ1n) is 5.85. The Kier molecular flexibility index (Phi) is 3.05. The molecule has 0 bridgehead atoms. The molecule has 3 rings (SSSR count). The van der Waals surface area contributed by atoms with E-state index in [0.29, 0.717) is 11.7 Å². The summed E-state index contributed by atoms with van der Waals surface area (Å²) in [5.41, 5.74) is 8.62. The van der Waals surface area contributed by atoms with E-state index in [1.807, 2.05) is 18.2 Å². The number of rotatable bonds is 3. The highest BCUT2D eigenvalue weighted by Crippen LogP contribution is 2.26. The van der Waals surface area contributed by atoms with E-state index in [9.17, 15) is 4.39 Å². The minimum Gasteiger partial charge on any atom is -0.381 e. The van der Waals surface area contributed by atoms with E-state index in [0.717, 1.165) is 21.5 Å². The quantitative estimate of drug-likeness (QED) is 0.766. The molecule has 0 atom stereocenters. The van der Waals surface area contributed by atoms with Crippen molar-refractivity contribution in [3.63, 3.8) is 0 Å². The predicted molar refractivity (Wildman–Crippen MR) is 77.8 cm³/mol. The van der Waals surface area contributed by atoms with Gasteiger partial charge in [-0.25, -0.2) is 9.37 Å². The molecule has 0 unspecified atom stereocenters. The van der Waals surface area contributed by atoms with E-state index in [-0.39, 0.29) is 5.82 Å². The van der Waals surface area contributed by atoms with Crippen LogP contribution in [-0.4, -0.2) is 4.98 Å². The number of hydrogen-bond acceptors (Lipinski definition) is 4. The topological polar surface area (TPSA) is 50.9 Å². The summed E-state index contributed by atoms with van der Waals surface area (Å²) in [4.78, 5) is 4.21. The van der Waals surface area contributed by atoms with Crippen molar-refractivity contribution in [2.45, 2.75) is 6.54 Å². The molecule has 0 saturated carbocycles. The Morgan fingerprint density at radius 3 is 2.74 bits per heavy atom. The van der Waals surface area contributed by atoms with Crippen LogP contribution < -0.4 is 11.1 Å². The molecule has 0 saturated heterocycles. The highest BCUT2D eigenvalue weighted by Gasteiger charge is 2.02. The van der Waals surface area contributed by atoms with E-state index in [2.05, 4.69) is 10.3 Å². The Morgan fingerprint density at radius 1 is 1.16 bits per heavy atom. The first-order valence-corrected chi connectivity index (χ1v) is 6.67. The molecule has 0 spiro atoms. The number of nitrogen functional groups attached to an aromatic ring is 1. The van der Waals surface area contributed by atoms with E-state index >= 15 is 0 Å². The molecule has 0 fully saturated rings. The maximum Gasteiger partial charge on any atom is 0.181 e. The number of nitrogens with two attached hydrogens (primary N) is 1. The van der Waals surface area contributed by atoms with E-state index < -0.39 is 0 Å². The number of halogens is 1. The molecule has 0 radical (unpaired) electrons. The number of hydrogen-bond donors (Lipinski definition) is 2. The average Bonchev–Trinajstić information content (AvgIpc) is 2.77. The average molecular weight is 273 g/mol. The van der Waals surface area contributed by atoms with Crippen molar-refractivity contribution in [3.8, 4) is 0 Å². The van der Waals surface area contributed by atoms with Gasteiger partial charge in [0.05, 0.1) is 10.2 Å². The van der Waals surface area contributed by atoms with Gasteiger partial charge < -0.3 is 11.1 Å². The highest BCUT2D eigenvalue weighted by molar-refractivity contribution is 7.22. The van der Waals surface area contributed by atoms with Crippen molar-refractivity contribution in [1.29, 1.82) is 0 Å². The second-order valence-corrected chi connectivity index (χ2v) is 5.28. The SMILES string of the molecule is Nc1nc2ccc(NCc3ccc(F)cc3)cc2s1. The van der Waals surface area contributed by atoms with Crippen molar-refractivity contribution >= 4 is 32.4 Å². The number of aromatic nitrogens is 1. The first kappa shape index (κ1) is 11.9. The molecule has 19 heavy (non-hydrogen) atoms. The lowest BCUT2D eigenvalue weighted by Crippen LogP contribution is -1.98. The predicted octanol–water partition coefficient (Wildman–Crippen LogP) is 3.63. The third kappa shape index (κ3) is 2.66. The second kappa shape index (κ2) is 4.85. The first-order chi connectivity index (χ1) is 9.20. The highest BCUT2D eigenvalue weighted by atomic mass is 32.1. The molecule has 3 aromatic rings. The van der Waals surface area contributed by atoms with Gasteiger partial charge >= 0.3 is 0 Å². The Morgan fingerprint density at radius 2 is 1.95 bits per heavy atom. The number of nitrogens with one attached hydrogen (secondary N) is 1. The van der Waals surface area contributed by atoms with Crippen LogP contribution in [0.2, 0.25) is 0 Å². The number of fused-ring (bicyclic) bond motifs is 1. The molecule has 96 valence electrons. The molecule has 0 amide bonds. The van der Waals surface area contributed by atoms with Crippen LogP contribution in [0.25, 0.3) is 10.2 Å². The van der Waals surface area contributed by atoms with Gasteiger partial charge in [-0.15, -0.1) is 0 Å². The third-order valence-electron chi connectivity index (χ3n) is 2.81. The second-order valence-electron chi connectivity index (χ2n) is 4.21. The van der Waals surface area contributed by atoms with Crippen LogP contribution >= 0.6 is 11.3 Å². The Bertz CT molecular complexity index is 706. The van der Waals surface area contributed by atoms with Crippen LogP contribution in [0.15, 0.2) is 42.5 Å². The van der Waals surface area contributed by atoms with Gasteiger partial charge in [0.15, 0.2) is 5.13 Å². The van der Waals surface area contributed by atoms with Gasteiger partial charge in [-0.05, 0) is 35.9 Å². The summed E-state index contributed by atoms with van der Waals surface area (Å²) < 4.78 is 13.8. The third-order valence-corrected chi connectivity index (χ3v) is 3.66. The van der Waals surface area contributed by atoms with Crippen molar-refractivity contribution < 1.29 is 4.39 Å². The molecule has 5 heteroatoms. The van der Waals surface area contributed by atoms with Gasteiger partial charge in [0, 0.05) is 12.2 Å². The Labute approximate surface area is 113 Å². The maximum absolute atomic E-state index is 12.8. The van der Waals surface area contributed by atoms with Crippen LogP contribution in [0, 0.1) is 5.82 Å². The van der Waals surface area contributed by atoms with Crippen LogP contribution in [0.1, 0.15) is 5.56 Å². The Balaban J connectivity index is 1.75. The normalized spacial score (nSPS) is 10.8. The Hall–Kier alpha value is -2.14. The van der Waals surface area contributed by atoms with Gasteiger partial charge in [0.1, 0.15) is 5.82 Å². The number of thiazole rings is 1. The minimum absolute atomic E-state index is 0.217. The molecule has 1 heterocycles.